The maximum atomic E-state index is 11.9. The highest BCUT2D eigenvalue weighted by molar-refractivity contribution is 6.09. The van der Waals surface area contributed by atoms with Gasteiger partial charge in [0.15, 0.2) is 5.78 Å². The molecule has 0 spiro atoms. The lowest BCUT2D eigenvalue weighted by molar-refractivity contribution is -0.143. The van der Waals surface area contributed by atoms with Crippen LogP contribution in [0.1, 0.15) is 16.8 Å². The first-order chi connectivity index (χ1) is 7.29. The van der Waals surface area contributed by atoms with Gasteiger partial charge >= 0.3 is 0 Å². The first kappa shape index (κ1) is 9.86. The number of benzene rings is 1. The topological polar surface area (TPSA) is 55.4 Å². The van der Waals surface area contributed by atoms with Crippen LogP contribution in [0, 0.1) is 5.92 Å². The first-order valence-electron chi connectivity index (χ1n) is 4.80. The van der Waals surface area contributed by atoms with Crippen LogP contribution in [0.2, 0.25) is 0 Å². The van der Waals surface area contributed by atoms with E-state index in [1.807, 2.05) is 6.07 Å². The van der Waals surface area contributed by atoms with Gasteiger partial charge in [0.2, 0.25) is 0 Å². The number of nitrogens with one attached hydrogen (secondary N) is 1. The summed E-state index contributed by atoms with van der Waals surface area (Å²) < 4.78 is 0. The highest BCUT2D eigenvalue weighted by Crippen LogP contribution is 2.15. The zero-order valence-corrected chi connectivity index (χ0v) is 8.10. The smallest absolute Gasteiger partial charge is 0.254 e. The van der Waals surface area contributed by atoms with E-state index in [0.717, 1.165) is 0 Å². The fraction of sp³-hybridized carbons (Fsp3) is 0.273. The number of ketones is 1. The van der Waals surface area contributed by atoms with E-state index in [1.54, 1.807) is 24.3 Å². The molecule has 1 aliphatic rings. The van der Waals surface area contributed by atoms with Crippen molar-refractivity contribution in [2.45, 2.75) is 6.42 Å². The van der Waals surface area contributed by atoms with Crippen molar-refractivity contribution in [2.75, 3.05) is 6.61 Å². The molecule has 1 amide bonds. The summed E-state index contributed by atoms with van der Waals surface area (Å²) in [5.41, 5.74) is 2.79. The third-order valence-corrected chi connectivity index (χ3v) is 2.37. The van der Waals surface area contributed by atoms with Crippen LogP contribution in [0.4, 0.5) is 0 Å². The summed E-state index contributed by atoms with van der Waals surface area (Å²) in [6, 6.07) is 8.83. The molecule has 0 saturated carbocycles. The van der Waals surface area contributed by atoms with E-state index >= 15 is 0 Å². The molecule has 1 saturated heterocycles. The van der Waals surface area contributed by atoms with Gasteiger partial charge in [-0.15, -0.1) is 0 Å². The van der Waals surface area contributed by atoms with E-state index in [9.17, 15) is 9.59 Å². The normalized spacial score (nSPS) is 20.8. The molecule has 1 heterocycles. The third-order valence-electron chi connectivity index (χ3n) is 2.37. The SMILES string of the molecule is O=C1NOCCC1C(=O)c1ccccc1. The lowest BCUT2D eigenvalue weighted by atomic mass is 9.94. The van der Waals surface area contributed by atoms with Gasteiger partial charge in [-0.1, -0.05) is 30.3 Å². The molecule has 78 valence electrons. The Balaban J connectivity index is 2.17. The number of Topliss-reactive ketones (excluding diaryl/α,β-unsaturated/α-hetero) is 1. The van der Waals surface area contributed by atoms with Crippen LogP contribution in [0.15, 0.2) is 30.3 Å². The monoisotopic (exact) mass is 205 g/mol. The molecule has 1 unspecified atom stereocenters. The molecule has 0 aromatic heterocycles. The summed E-state index contributed by atoms with van der Waals surface area (Å²) in [5, 5.41) is 0. The molecule has 4 heteroatoms. The summed E-state index contributed by atoms with van der Waals surface area (Å²) in [5.74, 6) is -1.10. The van der Waals surface area contributed by atoms with E-state index < -0.39 is 5.92 Å². The molecule has 0 bridgehead atoms. The Bertz CT molecular complexity index is 375. The molecule has 1 fully saturated rings. The van der Waals surface area contributed by atoms with Gasteiger partial charge in [0, 0.05) is 5.56 Å². The summed E-state index contributed by atoms with van der Waals surface area (Å²) in [7, 11) is 0. The predicted octanol–water partition coefficient (Wildman–Crippen LogP) is 0.937. The first-order valence-corrected chi connectivity index (χ1v) is 4.80. The van der Waals surface area contributed by atoms with Gasteiger partial charge in [0.25, 0.3) is 5.91 Å². The van der Waals surface area contributed by atoms with Crippen molar-refractivity contribution in [1.82, 2.24) is 5.48 Å². The maximum absolute atomic E-state index is 11.9. The van der Waals surface area contributed by atoms with Crippen molar-refractivity contribution in [3.05, 3.63) is 35.9 Å². The summed E-state index contributed by atoms with van der Waals surface area (Å²) in [6.07, 6.45) is 0.444. The minimum atomic E-state index is -0.610. The molecule has 15 heavy (non-hydrogen) atoms. The standard InChI is InChI=1S/C11H11NO3/c13-10(8-4-2-1-3-5-8)9-6-7-15-12-11(9)14/h1-5,9H,6-7H2,(H,12,14). The van der Waals surface area contributed by atoms with Crippen LogP contribution in [-0.2, 0) is 9.63 Å². The van der Waals surface area contributed by atoms with E-state index in [2.05, 4.69) is 5.48 Å². The fourth-order valence-corrected chi connectivity index (χ4v) is 1.55. The average molecular weight is 205 g/mol. The minimum Gasteiger partial charge on any atom is -0.293 e. The van der Waals surface area contributed by atoms with Gasteiger partial charge in [-0.2, -0.15) is 0 Å². The Kier molecular flexibility index (Phi) is 2.78. The number of hydrogen-bond acceptors (Lipinski definition) is 3. The van der Waals surface area contributed by atoms with Crippen LogP contribution in [0.5, 0.6) is 0 Å². The minimum absolute atomic E-state index is 0.142. The van der Waals surface area contributed by atoms with Crippen LogP contribution in [0.3, 0.4) is 0 Å². The third kappa shape index (κ3) is 2.05. The highest BCUT2D eigenvalue weighted by Gasteiger charge is 2.30. The number of carbonyl (C=O) groups excluding carboxylic acids is 2. The lowest BCUT2D eigenvalue weighted by Crippen LogP contribution is -2.41. The van der Waals surface area contributed by atoms with Gasteiger partial charge in [0.1, 0.15) is 5.92 Å². The highest BCUT2D eigenvalue weighted by atomic mass is 16.7. The Morgan fingerprint density at radius 3 is 2.73 bits per heavy atom. The van der Waals surface area contributed by atoms with Crippen molar-refractivity contribution < 1.29 is 14.4 Å². The fourth-order valence-electron chi connectivity index (χ4n) is 1.55. The molecular formula is C11H11NO3. The van der Waals surface area contributed by atoms with Crippen molar-refractivity contribution in [2.24, 2.45) is 5.92 Å². The largest absolute Gasteiger partial charge is 0.293 e. The zero-order valence-electron chi connectivity index (χ0n) is 8.10. The number of carbonyl (C=O) groups is 2. The van der Waals surface area contributed by atoms with Crippen molar-refractivity contribution in [3.8, 4) is 0 Å². The quantitative estimate of drug-likeness (QED) is 0.577. The predicted molar refractivity (Wildman–Crippen MR) is 53.0 cm³/mol. The molecule has 0 aliphatic carbocycles. The summed E-state index contributed by atoms with van der Waals surface area (Å²) in [4.78, 5) is 28.0. The van der Waals surface area contributed by atoms with Crippen LogP contribution < -0.4 is 5.48 Å². The Morgan fingerprint density at radius 2 is 2.07 bits per heavy atom. The number of amides is 1. The van der Waals surface area contributed by atoms with Gasteiger partial charge in [0.05, 0.1) is 6.61 Å². The Hall–Kier alpha value is -1.68. The molecule has 1 aromatic rings. The van der Waals surface area contributed by atoms with Crippen molar-refractivity contribution in [1.29, 1.82) is 0 Å². The van der Waals surface area contributed by atoms with E-state index in [-0.39, 0.29) is 11.7 Å². The van der Waals surface area contributed by atoms with Crippen molar-refractivity contribution >= 4 is 11.7 Å². The number of hydrogen-bond donors (Lipinski definition) is 1. The average Bonchev–Trinajstić information content (AvgIpc) is 2.30. The second-order valence-electron chi connectivity index (χ2n) is 3.39. The number of hydroxylamine groups is 1. The maximum Gasteiger partial charge on any atom is 0.254 e. The summed E-state index contributed by atoms with van der Waals surface area (Å²) >= 11 is 0. The zero-order chi connectivity index (χ0) is 10.7. The molecule has 0 radical (unpaired) electrons. The molecule has 4 nitrogen and oxygen atoms in total. The van der Waals surface area contributed by atoms with Crippen LogP contribution in [0.25, 0.3) is 0 Å². The second-order valence-corrected chi connectivity index (χ2v) is 3.39. The lowest BCUT2D eigenvalue weighted by Gasteiger charge is -2.20. The Morgan fingerprint density at radius 1 is 1.33 bits per heavy atom. The molecule has 1 aromatic carbocycles. The van der Waals surface area contributed by atoms with Crippen LogP contribution in [-0.4, -0.2) is 18.3 Å². The molecule has 1 N–H and O–H groups in total. The van der Waals surface area contributed by atoms with E-state index in [1.165, 1.54) is 0 Å². The second kappa shape index (κ2) is 4.23. The number of rotatable bonds is 2. The van der Waals surface area contributed by atoms with Gasteiger partial charge < -0.3 is 0 Å². The van der Waals surface area contributed by atoms with Gasteiger partial charge in [-0.05, 0) is 6.42 Å². The molecule has 1 atom stereocenters. The van der Waals surface area contributed by atoms with E-state index in [0.29, 0.717) is 18.6 Å². The molecular weight excluding hydrogens is 194 g/mol. The molecule has 2 rings (SSSR count). The Labute approximate surface area is 87.2 Å². The van der Waals surface area contributed by atoms with Crippen LogP contribution >= 0.6 is 0 Å². The van der Waals surface area contributed by atoms with Gasteiger partial charge in [-0.3, -0.25) is 14.4 Å². The van der Waals surface area contributed by atoms with Crippen molar-refractivity contribution in [3.63, 3.8) is 0 Å². The van der Waals surface area contributed by atoms with E-state index in [4.69, 9.17) is 4.84 Å². The summed E-state index contributed by atoms with van der Waals surface area (Å²) in [6.45, 7) is 0.384. The molecule has 1 aliphatic heterocycles. The van der Waals surface area contributed by atoms with Gasteiger partial charge in [-0.25, -0.2) is 5.48 Å².